The van der Waals surface area contributed by atoms with Crippen LogP contribution in [-0.2, 0) is 11.8 Å². The Labute approximate surface area is 171 Å². The van der Waals surface area contributed by atoms with Gasteiger partial charge in [0, 0.05) is 33.1 Å². The van der Waals surface area contributed by atoms with E-state index in [9.17, 15) is 9.59 Å². The average molecular weight is 400 g/mol. The van der Waals surface area contributed by atoms with Crippen LogP contribution in [0.4, 0.5) is 0 Å². The van der Waals surface area contributed by atoms with Crippen molar-refractivity contribution < 1.29 is 4.79 Å². The van der Waals surface area contributed by atoms with Crippen molar-refractivity contribution >= 4 is 16.9 Å². The minimum absolute atomic E-state index is 0.0792. The summed E-state index contributed by atoms with van der Waals surface area (Å²) in [6.07, 6.45) is 5.33. The molecular formula is C22H33N5O2. The molecule has 0 radical (unpaired) electrons. The summed E-state index contributed by atoms with van der Waals surface area (Å²) in [6.45, 7) is 4.01. The fourth-order valence-electron chi connectivity index (χ4n) is 5.06. The first kappa shape index (κ1) is 20.2. The Balaban J connectivity index is 1.59. The number of aryl methyl sites for hydroxylation is 1. The molecule has 7 heteroatoms. The van der Waals surface area contributed by atoms with Crippen LogP contribution < -0.4 is 16.7 Å². The first-order chi connectivity index (χ1) is 14.1. The highest BCUT2D eigenvalue weighted by Gasteiger charge is 2.28. The zero-order valence-electron chi connectivity index (χ0n) is 17.4. The molecule has 4 rings (SSSR count). The molecule has 29 heavy (non-hydrogen) atoms. The van der Waals surface area contributed by atoms with Crippen molar-refractivity contribution in [2.75, 3.05) is 32.7 Å². The third-order valence-corrected chi connectivity index (χ3v) is 6.65. The molecule has 0 bridgehead atoms. The van der Waals surface area contributed by atoms with Crippen molar-refractivity contribution in [3.05, 3.63) is 34.2 Å². The second-order valence-electron chi connectivity index (χ2n) is 8.47. The first-order valence-electron chi connectivity index (χ1n) is 11.0. The fourth-order valence-corrected chi connectivity index (χ4v) is 5.06. The Hall–Kier alpha value is -2.12. The van der Waals surface area contributed by atoms with Gasteiger partial charge in [0.1, 0.15) is 0 Å². The smallest absolute Gasteiger partial charge is 0.329 e. The van der Waals surface area contributed by atoms with Crippen LogP contribution in [-0.4, -0.2) is 52.7 Å². The lowest BCUT2D eigenvalue weighted by Crippen LogP contribution is -2.38. The van der Waals surface area contributed by atoms with E-state index in [2.05, 4.69) is 23.5 Å². The summed E-state index contributed by atoms with van der Waals surface area (Å²) in [7, 11) is 1.90. The van der Waals surface area contributed by atoms with Crippen molar-refractivity contribution in [2.45, 2.75) is 50.5 Å². The van der Waals surface area contributed by atoms with Crippen LogP contribution >= 0.6 is 0 Å². The Morgan fingerprint density at radius 2 is 2.03 bits per heavy atom. The number of nitrogens with one attached hydrogen (secondary N) is 1. The van der Waals surface area contributed by atoms with E-state index in [0.29, 0.717) is 18.9 Å². The highest BCUT2D eigenvalue weighted by atomic mass is 16.2. The minimum atomic E-state index is 0.0792. The number of likely N-dealkylation sites (tertiary alicyclic amines) is 1. The molecule has 0 aliphatic carbocycles. The SMILES string of the molecule is Cn1c(=O)n(C2CCCNC2)c2cccc(C3CCN(C(=O)CCCN)CC3)c21. The van der Waals surface area contributed by atoms with E-state index in [1.54, 1.807) is 0 Å². The van der Waals surface area contributed by atoms with Crippen LogP contribution in [0.3, 0.4) is 0 Å². The topological polar surface area (TPSA) is 85.3 Å². The van der Waals surface area contributed by atoms with Gasteiger partial charge in [0.15, 0.2) is 0 Å². The number of aromatic nitrogens is 2. The predicted molar refractivity (Wildman–Crippen MR) is 115 cm³/mol. The Kier molecular flexibility index (Phi) is 6.06. The van der Waals surface area contributed by atoms with Gasteiger partial charge in [-0.15, -0.1) is 0 Å². The third kappa shape index (κ3) is 3.85. The van der Waals surface area contributed by atoms with Crippen LogP contribution in [0, 0.1) is 0 Å². The summed E-state index contributed by atoms with van der Waals surface area (Å²) in [4.78, 5) is 27.4. The molecule has 3 heterocycles. The molecule has 1 amide bonds. The maximum Gasteiger partial charge on any atom is 0.329 e. The standard InChI is InChI=1S/C22H33N5O2/c1-25-21-18(16-9-13-26(14-10-16)20(28)8-3-11-23)6-2-7-19(21)27(22(25)29)17-5-4-12-24-15-17/h2,6-7,16-17,24H,3-5,8-15,23H2,1H3. The second-order valence-corrected chi connectivity index (χ2v) is 8.47. The number of piperidine rings is 2. The number of amides is 1. The third-order valence-electron chi connectivity index (χ3n) is 6.65. The summed E-state index contributed by atoms with van der Waals surface area (Å²) in [6, 6.07) is 6.56. The van der Waals surface area contributed by atoms with Gasteiger partial charge in [-0.3, -0.25) is 13.9 Å². The van der Waals surface area contributed by atoms with E-state index in [0.717, 1.165) is 69.3 Å². The first-order valence-corrected chi connectivity index (χ1v) is 11.0. The highest BCUT2D eigenvalue weighted by molar-refractivity contribution is 5.81. The van der Waals surface area contributed by atoms with E-state index in [1.165, 1.54) is 5.56 Å². The Bertz CT molecular complexity index is 917. The molecule has 7 nitrogen and oxygen atoms in total. The van der Waals surface area contributed by atoms with Gasteiger partial charge in [-0.05, 0) is 62.7 Å². The number of hydrogen-bond acceptors (Lipinski definition) is 4. The van der Waals surface area contributed by atoms with Crippen molar-refractivity contribution in [1.82, 2.24) is 19.4 Å². The molecule has 1 aromatic heterocycles. The Morgan fingerprint density at radius 1 is 1.24 bits per heavy atom. The Morgan fingerprint density at radius 3 is 2.72 bits per heavy atom. The molecule has 158 valence electrons. The van der Waals surface area contributed by atoms with E-state index in [-0.39, 0.29) is 17.6 Å². The lowest BCUT2D eigenvalue weighted by molar-refractivity contribution is -0.132. The number of hydrogen-bond donors (Lipinski definition) is 2. The van der Waals surface area contributed by atoms with Gasteiger partial charge in [0.05, 0.1) is 17.1 Å². The van der Waals surface area contributed by atoms with Gasteiger partial charge in [0.2, 0.25) is 5.91 Å². The molecule has 2 aliphatic rings. The highest BCUT2D eigenvalue weighted by Crippen LogP contribution is 2.34. The van der Waals surface area contributed by atoms with E-state index in [1.807, 2.05) is 21.1 Å². The van der Waals surface area contributed by atoms with Crippen LogP contribution in [0.25, 0.3) is 11.0 Å². The molecule has 2 fully saturated rings. The number of benzene rings is 1. The maximum absolute atomic E-state index is 13.1. The van der Waals surface area contributed by atoms with E-state index < -0.39 is 0 Å². The van der Waals surface area contributed by atoms with Crippen molar-refractivity contribution in [3.63, 3.8) is 0 Å². The summed E-state index contributed by atoms with van der Waals surface area (Å²) >= 11 is 0. The summed E-state index contributed by atoms with van der Waals surface area (Å²) in [5.74, 6) is 0.596. The number of nitrogens with zero attached hydrogens (tertiary/aromatic N) is 3. The van der Waals surface area contributed by atoms with Crippen LogP contribution in [0.15, 0.2) is 23.0 Å². The minimum Gasteiger partial charge on any atom is -0.343 e. The zero-order chi connectivity index (χ0) is 20.4. The molecular weight excluding hydrogens is 366 g/mol. The van der Waals surface area contributed by atoms with Crippen molar-refractivity contribution in [1.29, 1.82) is 0 Å². The van der Waals surface area contributed by atoms with Gasteiger partial charge < -0.3 is 16.0 Å². The molecule has 0 saturated carbocycles. The number of carbonyl (C=O) groups excluding carboxylic acids is 1. The van der Waals surface area contributed by atoms with Gasteiger partial charge in [-0.2, -0.15) is 0 Å². The van der Waals surface area contributed by atoms with Crippen molar-refractivity contribution in [3.8, 4) is 0 Å². The second kappa shape index (κ2) is 8.71. The number of fused-ring (bicyclic) bond motifs is 1. The number of carbonyl (C=O) groups is 1. The lowest BCUT2D eigenvalue weighted by Gasteiger charge is -2.32. The average Bonchev–Trinajstić information content (AvgIpc) is 3.03. The summed E-state index contributed by atoms with van der Waals surface area (Å²) < 4.78 is 3.83. The normalized spacial score (nSPS) is 21.0. The van der Waals surface area contributed by atoms with Crippen molar-refractivity contribution in [2.24, 2.45) is 12.8 Å². The zero-order valence-corrected chi connectivity index (χ0v) is 17.4. The van der Waals surface area contributed by atoms with Gasteiger partial charge in [-0.1, -0.05) is 12.1 Å². The molecule has 1 aromatic carbocycles. The van der Waals surface area contributed by atoms with E-state index in [4.69, 9.17) is 5.73 Å². The largest absolute Gasteiger partial charge is 0.343 e. The quantitative estimate of drug-likeness (QED) is 0.802. The molecule has 1 unspecified atom stereocenters. The van der Waals surface area contributed by atoms with Gasteiger partial charge in [0.25, 0.3) is 0 Å². The lowest BCUT2D eigenvalue weighted by atomic mass is 9.88. The van der Waals surface area contributed by atoms with Crippen LogP contribution in [0.2, 0.25) is 0 Å². The monoisotopic (exact) mass is 399 g/mol. The molecule has 3 N–H and O–H groups in total. The van der Waals surface area contributed by atoms with Gasteiger partial charge in [-0.25, -0.2) is 4.79 Å². The number of nitrogens with two attached hydrogens (primary N) is 1. The molecule has 2 aromatic rings. The number of para-hydroxylation sites is 1. The summed E-state index contributed by atoms with van der Waals surface area (Å²) in [5, 5.41) is 3.43. The van der Waals surface area contributed by atoms with Crippen LogP contribution in [0.5, 0.6) is 0 Å². The molecule has 2 saturated heterocycles. The van der Waals surface area contributed by atoms with Gasteiger partial charge >= 0.3 is 5.69 Å². The number of rotatable bonds is 5. The molecule has 1 atom stereocenters. The molecule has 2 aliphatic heterocycles. The number of imidazole rings is 1. The fraction of sp³-hybridized carbons (Fsp3) is 0.636. The van der Waals surface area contributed by atoms with E-state index >= 15 is 0 Å². The summed E-state index contributed by atoms with van der Waals surface area (Å²) in [5.41, 5.74) is 8.98. The molecule has 0 spiro atoms. The predicted octanol–water partition coefficient (Wildman–Crippen LogP) is 1.71. The maximum atomic E-state index is 13.1. The van der Waals surface area contributed by atoms with Crippen LogP contribution in [0.1, 0.15) is 56.0 Å².